The Kier molecular flexibility index (Phi) is 9.67. The quantitative estimate of drug-likeness (QED) is 0.570. The Hall–Kier alpha value is -2.04. The molecule has 0 saturated carbocycles. The van der Waals surface area contributed by atoms with Crippen LogP contribution in [0.4, 0.5) is 4.79 Å². The van der Waals surface area contributed by atoms with Crippen LogP contribution in [-0.2, 0) is 6.42 Å². The number of rotatable bonds is 9. The number of hydrogen-bond donors (Lipinski definition) is 1. The molecule has 168 valence electrons. The first-order valence-electron chi connectivity index (χ1n) is 11.7. The first-order chi connectivity index (χ1) is 14.3. The molecule has 0 radical (unpaired) electrons. The summed E-state index contributed by atoms with van der Waals surface area (Å²) < 4.78 is 0. The molecular formula is C25H41N3O2. The lowest BCUT2D eigenvalue weighted by Gasteiger charge is -2.34. The molecule has 0 atom stereocenters. The zero-order valence-electron chi connectivity index (χ0n) is 19.5. The predicted octanol–water partition coefficient (Wildman–Crippen LogP) is 5.10. The number of piperazine rings is 1. The van der Waals surface area contributed by atoms with Crippen molar-refractivity contribution < 1.29 is 9.59 Å². The van der Waals surface area contributed by atoms with Crippen molar-refractivity contribution in [3.8, 4) is 0 Å². The lowest BCUT2D eigenvalue weighted by Crippen LogP contribution is -2.53. The van der Waals surface area contributed by atoms with E-state index in [4.69, 9.17) is 0 Å². The summed E-state index contributed by atoms with van der Waals surface area (Å²) in [6.07, 6.45) is 8.32. The van der Waals surface area contributed by atoms with Crippen molar-refractivity contribution in [3.63, 3.8) is 0 Å². The highest BCUT2D eigenvalue weighted by Gasteiger charge is 2.24. The maximum atomic E-state index is 12.8. The van der Waals surface area contributed by atoms with E-state index >= 15 is 0 Å². The van der Waals surface area contributed by atoms with Gasteiger partial charge in [-0.3, -0.25) is 4.79 Å². The summed E-state index contributed by atoms with van der Waals surface area (Å²) in [4.78, 5) is 28.8. The van der Waals surface area contributed by atoms with Gasteiger partial charge in [0.05, 0.1) is 0 Å². The van der Waals surface area contributed by atoms with Crippen molar-refractivity contribution in [1.29, 1.82) is 0 Å². The number of hydrogen-bond acceptors (Lipinski definition) is 2. The van der Waals surface area contributed by atoms with Crippen LogP contribution < -0.4 is 5.32 Å². The number of carbonyl (C=O) groups excluding carboxylic acids is 2. The van der Waals surface area contributed by atoms with Crippen LogP contribution in [0.2, 0.25) is 0 Å². The molecule has 5 heteroatoms. The summed E-state index contributed by atoms with van der Waals surface area (Å²) >= 11 is 0. The van der Waals surface area contributed by atoms with E-state index in [2.05, 4.69) is 45.1 Å². The van der Waals surface area contributed by atoms with E-state index in [0.29, 0.717) is 26.2 Å². The average molecular weight is 416 g/mol. The Labute approximate surface area is 183 Å². The normalized spacial score (nSPS) is 14.7. The minimum absolute atomic E-state index is 0.00203. The largest absolute Gasteiger partial charge is 0.338 e. The Morgan fingerprint density at radius 1 is 0.867 bits per heavy atom. The maximum absolute atomic E-state index is 12.8. The van der Waals surface area contributed by atoms with Gasteiger partial charge in [-0.2, -0.15) is 0 Å². The van der Waals surface area contributed by atoms with Crippen LogP contribution in [0.25, 0.3) is 0 Å². The highest BCUT2D eigenvalue weighted by molar-refractivity contribution is 5.94. The molecule has 0 aromatic heterocycles. The smallest absolute Gasteiger partial charge is 0.317 e. The molecule has 1 aromatic rings. The second kappa shape index (κ2) is 12.0. The van der Waals surface area contributed by atoms with E-state index in [9.17, 15) is 9.59 Å². The minimum atomic E-state index is 0.00203. The number of unbranched alkanes of at least 4 members (excludes halogenated alkanes) is 5. The standard InChI is InChI=1S/C25H41N3O2/c1-5-6-7-8-9-10-15-26-24(30)28-18-16-27(17-19-28)23(29)22-13-11-21(12-14-22)20-25(2,3)4/h11-14H,5-10,15-20H2,1-4H3,(H,26,30). The van der Waals surface area contributed by atoms with Gasteiger partial charge >= 0.3 is 6.03 Å². The fraction of sp³-hybridized carbons (Fsp3) is 0.680. The number of benzene rings is 1. The van der Waals surface area contributed by atoms with Crippen molar-refractivity contribution >= 4 is 11.9 Å². The molecular weight excluding hydrogens is 374 g/mol. The van der Waals surface area contributed by atoms with Crippen molar-refractivity contribution in [2.75, 3.05) is 32.7 Å². The highest BCUT2D eigenvalue weighted by atomic mass is 16.2. The molecule has 5 nitrogen and oxygen atoms in total. The third kappa shape index (κ3) is 8.37. The van der Waals surface area contributed by atoms with Gasteiger partial charge in [-0.15, -0.1) is 0 Å². The Morgan fingerprint density at radius 3 is 2.03 bits per heavy atom. The SMILES string of the molecule is CCCCCCCCNC(=O)N1CCN(C(=O)c2ccc(CC(C)(C)C)cc2)CC1. The third-order valence-electron chi connectivity index (χ3n) is 5.60. The molecule has 1 aromatic carbocycles. The van der Waals surface area contributed by atoms with Gasteiger partial charge < -0.3 is 15.1 Å². The molecule has 1 fully saturated rings. The zero-order chi connectivity index (χ0) is 22.0. The van der Waals surface area contributed by atoms with Crippen LogP contribution in [0.3, 0.4) is 0 Å². The molecule has 0 unspecified atom stereocenters. The number of urea groups is 1. The van der Waals surface area contributed by atoms with Crippen LogP contribution in [-0.4, -0.2) is 54.5 Å². The second-order valence-electron chi connectivity index (χ2n) is 9.71. The lowest BCUT2D eigenvalue weighted by atomic mass is 9.88. The average Bonchev–Trinajstić information content (AvgIpc) is 2.72. The van der Waals surface area contributed by atoms with Gasteiger partial charge in [0, 0.05) is 38.3 Å². The van der Waals surface area contributed by atoms with Crippen molar-refractivity contribution in [2.45, 2.75) is 72.6 Å². The van der Waals surface area contributed by atoms with Crippen molar-refractivity contribution in [2.24, 2.45) is 5.41 Å². The third-order valence-corrected chi connectivity index (χ3v) is 5.60. The van der Waals surface area contributed by atoms with Gasteiger partial charge in [0.15, 0.2) is 0 Å². The van der Waals surface area contributed by atoms with Gasteiger partial charge in [-0.1, -0.05) is 71.9 Å². The molecule has 0 bridgehead atoms. The summed E-state index contributed by atoms with van der Waals surface area (Å²) in [6, 6.07) is 7.99. The highest BCUT2D eigenvalue weighted by Crippen LogP contribution is 2.21. The van der Waals surface area contributed by atoms with Crippen LogP contribution in [0.1, 0.15) is 82.1 Å². The second-order valence-corrected chi connectivity index (χ2v) is 9.71. The van der Waals surface area contributed by atoms with Crippen LogP contribution in [0.15, 0.2) is 24.3 Å². The van der Waals surface area contributed by atoms with Gasteiger partial charge in [0.25, 0.3) is 5.91 Å². The van der Waals surface area contributed by atoms with Gasteiger partial charge in [-0.25, -0.2) is 4.79 Å². The van der Waals surface area contributed by atoms with Gasteiger partial charge in [0.2, 0.25) is 0 Å². The molecule has 1 saturated heterocycles. The fourth-order valence-electron chi connectivity index (χ4n) is 3.89. The van der Waals surface area contributed by atoms with Crippen molar-refractivity contribution in [3.05, 3.63) is 35.4 Å². The fourth-order valence-corrected chi connectivity index (χ4v) is 3.89. The first kappa shape index (κ1) is 24.2. The van der Waals surface area contributed by atoms with Crippen molar-refractivity contribution in [1.82, 2.24) is 15.1 Å². The van der Waals surface area contributed by atoms with E-state index in [0.717, 1.165) is 24.9 Å². The molecule has 1 aliphatic heterocycles. The maximum Gasteiger partial charge on any atom is 0.317 e. The molecule has 0 spiro atoms. The van der Waals surface area contributed by atoms with E-state index < -0.39 is 0 Å². The summed E-state index contributed by atoms with van der Waals surface area (Å²) in [5, 5.41) is 3.03. The Morgan fingerprint density at radius 2 is 1.43 bits per heavy atom. The molecule has 2 rings (SSSR count). The zero-order valence-corrected chi connectivity index (χ0v) is 19.5. The molecule has 1 aliphatic rings. The molecule has 0 aliphatic carbocycles. The van der Waals surface area contributed by atoms with Crippen LogP contribution in [0, 0.1) is 5.41 Å². The molecule has 30 heavy (non-hydrogen) atoms. The van der Waals surface area contributed by atoms with E-state index in [1.54, 1.807) is 0 Å². The molecule has 3 amide bonds. The predicted molar refractivity (Wildman–Crippen MR) is 124 cm³/mol. The monoisotopic (exact) mass is 415 g/mol. The summed E-state index contributed by atoms with van der Waals surface area (Å²) in [6.45, 7) is 12.0. The number of nitrogens with zero attached hydrogens (tertiary/aromatic N) is 2. The number of nitrogens with one attached hydrogen (secondary N) is 1. The van der Waals surface area contributed by atoms with E-state index in [1.807, 2.05) is 21.9 Å². The minimum Gasteiger partial charge on any atom is -0.338 e. The summed E-state index contributed by atoms with van der Waals surface area (Å²) in [5.74, 6) is 0.0597. The Balaban J connectivity index is 1.70. The topological polar surface area (TPSA) is 52.7 Å². The van der Waals surface area contributed by atoms with Crippen LogP contribution >= 0.6 is 0 Å². The summed E-state index contributed by atoms with van der Waals surface area (Å²) in [5.41, 5.74) is 2.22. The van der Waals surface area contributed by atoms with Crippen LogP contribution in [0.5, 0.6) is 0 Å². The Bertz CT molecular complexity index is 656. The van der Waals surface area contributed by atoms with Gasteiger partial charge in [-0.05, 0) is 36.0 Å². The van der Waals surface area contributed by atoms with E-state index in [-0.39, 0.29) is 17.4 Å². The number of carbonyl (C=O) groups is 2. The molecule has 1 N–H and O–H groups in total. The summed E-state index contributed by atoms with van der Waals surface area (Å²) in [7, 11) is 0. The van der Waals surface area contributed by atoms with E-state index in [1.165, 1.54) is 37.7 Å². The van der Waals surface area contributed by atoms with Gasteiger partial charge in [0.1, 0.15) is 0 Å². The number of amides is 3. The lowest BCUT2D eigenvalue weighted by molar-refractivity contribution is 0.0665. The first-order valence-corrected chi connectivity index (χ1v) is 11.7. The molecule has 1 heterocycles.